The summed E-state index contributed by atoms with van der Waals surface area (Å²) in [7, 11) is 1.64. The van der Waals surface area contributed by atoms with Crippen LogP contribution in [-0.4, -0.2) is 71.6 Å². The molecule has 1 fully saturated rings. The van der Waals surface area contributed by atoms with Crippen LogP contribution in [0.5, 0.6) is 5.75 Å². The lowest BCUT2D eigenvalue weighted by Crippen LogP contribution is -2.50. The molecule has 2 aromatic carbocycles. The third-order valence-corrected chi connectivity index (χ3v) is 7.80. The summed E-state index contributed by atoms with van der Waals surface area (Å²) in [5, 5.41) is 15.6. The van der Waals surface area contributed by atoms with Crippen molar-refractivity contribution < 1.29 is 28.6 Å². The Bertz CT molecular complexity index is 1200. The summed E-state index contributed by atoms with van der Waals surface area (Å²) in [6.07, 6.45) is 4.48. The molecule has 9 nitrogen and oxygen atoms in total. The van der Waals surface area contributed by atoms with Gasteiger partial charge in [-0.1, -0.05) is 26.2 Å². The first kappa shape index (κ1) is 29.3. The van der Waals surface area contributed by atoms with Crippen LogP contribution in [0.3, 0.4) is 0 Å². The van der Waals surface area contributed by atoms with Gasteiger partial charge < -0.3 is 30.3 Å². The van der Waals surface area contributed by atoms with Gasteiger partial charge in [0.1, 0.15) is 17.7 Å². The lowest BCUT2D eigenvalue weighted by Gasteiger charge is -2.38. The fourth-order valence-electron chi connectivity index (χ4n) is 5.23. The SMILES string of the molecule is C[C@@H]1CN([C@H](C)CO)C(=O)c2cc(NC(=O)C3CCCCC3)ccc2O[C@@H]1CN(C)C(=O)Nc1ccc(F)cc1. The number of amides is 4. The number of nitrogens with one attached hydrogen (secondary N) is 2. The fourth-order valence-corrected chi connectivity index (χ4v) is 5.23. The number of ether oxygens (including phenoxy) is 1. The third kappa shape index (κ3) is 7.10. The van der Waals surface area contributed by atoms with E-state index in [1.807, 2.05) is 6.92 Å². The monoisotopic (exact) mass is 554 g/mol. The van der Waals surface area contributed by atoms with Gasteiger partial charge in [-0.25, -0.2) is 9.18 Å². The number of urea groups is 1. The summed E-state index contributed by atoms with van der Waals surface area (Å²) in [6, 6.07) is 9.71. The Balaban J connectivity index is 1.55. The number of benzene rings is 2. The van der Waals surface area contributed by atoms with Crippen LogP contribution in [0.2, 0.25) is 0 Å². The molecular weight excluding hydrogens is 515 g/mol. The zero-order chi connectivity index (χ0) is 28.8. The van der Waals surface area contributed by atoms with E-state index in [1.54, 1.807) is 37.1 Å². The second-order valence-corrected chi connectivity index (χ2v) is 11.0. The molecule has 0 saturated heterocycles. The van der Waals surface area contributed by atoms with E-state index < -0.39 is 18.0 Å². The minimum atomic E-state index is -0.480. The number of halogens is 1. The second-order valence-electron chi connectivity index (χ2n) is 11.0. The van der Waals surface area contributed by atoms with Gasteiger partial charge in [-0.05, 0) is 62.2 Å². The van der Waals surface area contributed by atoms with Crippen LogP contribution in [-0.2, 0) is 4.79 Å². The Hall–Kier alpha value is -3.66. The average Bonchev–Trinajstić information content (AvgIpc) is 2.96. The Kier molecular flexibility index (Phi) is 9.63. The number of rotatable bonds is 7. The number of fused-ring (bicyclic) bond motifs is 1. The van der Waals surface area contributed by atoms with Crippen molar-refractivity contribution >= 4 is 29.2 Å². The molecule has 0 unspecified atom stereocenters. The number of hydrogen-bond donors (Lipinski definition) is 3. The zero-order valence-corrected chi connectivity index (χ0v) is 23.4. The molecule has 4 rings (SSSR count). The van der Waals surface area contributed by atoms with E-state index in [0.717, 1.165) is 32.1 Å². The van der Waals surface area contributed by atoms with Crippen LogP contribution in [0.4, 0.5) is 20.6 Å². The molecule has 3 atom stereocenters. The van der Waals surface area contributed by atoms with Crippen LogP contribution in [0.1, 0.15) is 56.3 Å². The molecule has 1 aliphatic carbocycles. The number of likely N-dealkylation sites (N-methyl/N-ethyl adjacent to an activating group) is 1. The summed E-state index contributed by atoms with van der Waals surface area (Å²) in [6.45, 7) is 4.01. The molecule has 1 heterocycles. The number of nitrogens with zero attached hydrogens (tertiary/aromatic N) is 2. The number of hydrogen-bond acceptors (Lipinski definition) is 5. The molecule has 10 heteroatoms. The van der Waals surface area contributed by atoms with Crippen LogP contribution in [0, 0.1) is 17.7 Å². The molecule has 2 aliphatic rings. The maximum Gasteiger partial charge on any atom is 0.321 e. The van der Waals surface area contributed by atoms with E-state index in [4.69, 9.17) is 4.74 Å². The van der Waals surface area contributed by atoms with Gasteiger partial charge in [-0.2, -0.15) is 0 Å². The van der Waals surface area contributed by atoms with Crippen LogP contribution < -0.4 is 15.4 Å². The van der Waals surface area contributed by atoms with Crippen molar-refractivity contribution in [2.75, 3.05) is 37.4 Å². The minimum Gasteiger partial charge on any atom is -0.487 e. The lowest BCUT2D eigenvalue weighted by atomic mass is 9.88. The predicted octanol–water partition coefficient (Wildman–Crippen LogP) is 4.73. The second kappa shape index (κ2) is 13.1. The predicted molar refractivity (Wildman–Crippen MR) is 151 cm³/mol. The largest absolute Gasteiger partial charge is 0.487 e. The number of aliphatic hydroxyl groups is 1. The van der Waals surface area contributed by atoms with Crippen molar-refractivity contribution in [2.24, 2.45) is 11.8 Å². The number of carbonyl (C=O) groups excluding carboxylic acids is 3. The van der Waals surface area contributed by atoms with Crippen molar-refractivity contribution in [1.82, 2.24) is 9.80 Å². The molecule has 40 heavy (non-hydrogen) atoms. The van der Waals surface area contributed by atoms with Gasteiger partial charge in [0.2, 0.25) is 5.91 Å². The maximum absolute atomic E-state index is 13.7. The zero-order valence-electron chi connectivity index (χ0n) is 23.4. The molecular formula is C30H39FN4O5. The van der Waals surface area contributed by atoms with E-state index in [0.29, 0.717) is 23.7 Å². The van der Waals surface area contributed by atoms with Gasteiger partial charge in [0.25, 0.3) is 5.91 Å². The lowest BCUT2D eigenvalue weighted by molar-refractivity contribution is -0.120. The summed E-state index contributed by atoms with van der Waals surface area (Å²) in [5.74, 6) is -0.597. The molecule has 2 aromatic rings. The van der Waals surface area contributed by atoms with E-state index in [1.165, 1.54) is 29.2 Å². The normalized spacial score (nSPS) is 20.4. The van der Waals surface area contributed by atoms with Crippen LogP contribution >= 0.6 is 0 Å². The van der Waals surface area contributed by atoms with E-state index in [-0.39, 0.29) is 48.4 Å². The standard InChI is InChI=1S/C30H39FN4O5/c1-19-16-35(20(2)18-36)29(38)25-15-24(32-28(37)21-7-5-4-6-8-21)13-14-26(25)40-27(19)17-34(3)30(39)33-23-11-9-22(31)10-12-23/h9-15,19-21,27,36H,4-8,16-18H2,1-3H3,(H,32,37)(H,33,39)/t19-,20-,27-/m1/s1. The minimum absolute atomic E-state index is 0.0320. The van der Waals surface area contributed by atoms with E-state index in [2.05, 4.69) is 10.6 Å². The quantitative estimate of drug-likeness (QED) is 0.458. The number of anilines is 2. The molecule has 0 bridgehead atoms. The molecule has 0 aromatic heterocycles. The van der Waals surface area contributed by atoms with Gasteiger partial charge in [0.05, 0.1) is 24.8 Å². The maximum atomic E-state index is 13.7. The Morgan fingerprint density at radius 1 is 1.10 bits per heavy atom. The summed E-state index contributed by atoms with van der Waals surface area (Å²) < 4.78 is 19.6. The number of aliphatic hydroxyl groups excluding tert-OH is 1. The smallest absolute Gasteiger partial charge is 0.321 e. The summed E-state index contributed by atoms with van der Waals surface area (Å²) in [4.78, 5) is 42.5. The third-order valence-electron chi connectivity index (χ3n) is 7.80. The molecule has 3 N–H and O–H groups in total. The average molecular weight is 555 g/mol. The Labute approximate surface area is 234 Å². The highest BCUT2D eigenvalue weighted by Gasteiger charge is 2.34. The fraction of sp³-hybridized carbons (Fsp3) is 0.500. The molecule has 0 spiro atoms. The first-order valence-electron chi connectivity index (χ1n) is 14.0. The molecule has 0 radical (unpaired) electrons. The van der Waals surface area contributed by atoms with Crippen LogP contribution in [0.15, 0.2) is 42.5 Å². The van der Waals surface area contributed by atoms with Crippen molar-refractivity contribution in [3.8, 4) is 5.75 Å². The van der Waals surface area contributed by atoms with Crippen molar-refractivity contribution in [1.29, 1.82) is 0 Å². The first-order chi connectivity index (χ1) is 19.2. The van der Waals surface area contributed by atoms with Gasteiger partial charge >= 0.3 is 6.03 Å². The van der Waals surface area contributed by atoms with Gasteiger partial charge in [0, 0.05) is 36.8 Å². The Morgan fingerprint density at radius 2 is 1.77 bits per heavy atom. The van der Waals surface area contributed by atoms with Crippen molar-refractivity contribution in [2.45, 2.75) is 58.1 Å². The molecule has 1 saturated carbocycles. The summed E-state index contributed by atoms with van der Waals surface area (Å²) in [5.41, 5.74) is 1.27. The first-order valence-corrected chi connectivity index (χ1v) is 14.0. The molecule has 1 aliphatic heterocycles. The molecule has 216 valence electrons. The van der Waals surface area contributed by atoms with Gasteiger partial charge in [0.15, 0.2) is 0 Å². The van der Waals surface area contributed by atoms with Gasteiger partial charge in [-0.3, -0.25) is 9.59 Å². The van der Waals surface area contributed by atoms with Crippen molar-refractivity contribution in [3.05, 3.63) is 53.8 Å². The highest BCUT2D eigenvalue weighted by Crippen LogP contribution is 2.32. The van der Waals surface area contributed by atoms with Crippen LogP contribution in [0.25, 0.3) is 0 Å². The van der Waals surface area contributed by atoms with E-state index in [9.17, 15) is 23.9 Å². The topological polar surface area (TPSA) is 111 Å². The van der Waals surface area contributed by atoms with Gasteiger partial charge in [-0.15, -0.1) is 0 Å². The molecule has 4 amide bonds. The highest BCUT2D eigenvalue weighted by molar-refractivity contribution is 6.00. The Morgan fingerprint density at radius 3 is 2.45 bits per heavy atom. The highest BCUT2D eigenvalue weighted by atomic mass is 19.1. The number of carbonyl (C=O) groups is 3. The summed E-state index contributed by atoms with van der Waals surface area (Å²) >= 11 is 0. The van der Waals surface area contributed by atoms with E-state index >= 15 is 0 Å². The van der Waals surface area contributed by atoms with Crippen molar-refractivity contribution in [3.63, 3.8) is 0 Å².